The number of rotatable bonds is 4. The number of carbonyl (C=O) groups excluding carboxylic acids is 1. The maximum atomic E-state index is 12.6. The van der Waals surface area contributed by atoms with E-state index in [0.29, 0.717) is 0 Å². The fourth-order valence-corrected chi connectivity index (χ4v) is 1.10. The fraction of sp³-hybridized carbons (Fsp3) is 0.417. The van der Waals surface area contributed by atoms with Crippen LogP contribution in [-0.2, 0) is 16.1 Å². The Labute approximate surface area is 107 Å². The van der Waals surface area contributed by atoms with Crippen molar-refractivity contribution in [2.45, 2.75) is 26.5 Å². The lowest BCUT2D eigenvalue weighted by Gasteiger charge is -2.14. The molecule has 0 aliphatic carbocycles. The standard InChI is InChI=1S/C12H16FNO2.ClH/c1-8(2)11(14)12(15)16-7-9-3-5-10(13)6-4-9;/h3-6,8,11H,7,14H2,1-2H3;1H. The summed E-state index contributed by atoms with van der Waals surface area (Å²) in [6.45, 7) is 3.83. The Kier molecular flexibility index (Phi) is 6.76. The zero-order valence-corrected chi connectivity index (χ0v) is 10.7. The van der Waals surface area contributed by atoms with Gasteiger partial charge < -0.3 is 10.5 Å². The van der Waals surface area contributed by atoms with Gasteiger partial charge in [-0.05, 0) is 23.6 Å². The minimum absolute atomic E-state index is 0. The van der Waals surface area contributed by atoms with Gasteiger partial charge in [0.05, 0.1) is 0 Å². The third-order valence-corrected chi connectivity index (χ3v) is 2.28. The highest BCUT2D eigenvalue weighted by Gasteiger charge is 2.18. The van der Waals surface area contributed by atoms with E-state index in [4.69, 9.17) is 10.5 Å². The lowest BCUT2D eigenvalue weighted by Crippen LogP contribution is -2.36. The van der Waals surface area contributed by atoms with Crippen molar-refractivity contribution in [3.05, 3.63) is 35.6 Å². The molecule has 1 aromatic carbocycles. The summed E-state index contributed by atoms with van der Waals surface area (Å²) in [4.78, 5) is 11.4. The van der Waals surface area contributed by atoms with E-state index in [1.54, 1.807) is 12.1 Å². The molecule has 0 saturated heterocycles. The first kappa shape index (κ1) is 15.9. The van der Waals surface area contributed by atoms with Crippen LogP contribution in [0.5, 0.6) is 0 Å². The van der Waals surface area contributed by atoms with Crippen LogP contribution in [0.15, 0.2) is 24.3 Å². The van der Waals surface area contributed by atoms with Crippen molar-refractivity contribution in [3.8, 4) is 0 Å². The summed E-state index contributed by atoms with van der Waals surface area (Å²) in [5, 5.41) is 0. The van der Waals surface area contributed by atoms with Crippen LogP contribution in [-0.4, -0.2) is 12.0 Å². The first-order valence-electron chi connectivity index (χ1n) is 5.17. The Morgan fingerprint density at radius 2 is 1.88 bits per heavy atom. The lowest BCUT2D eigenvalue weighted by molar-refractivity contribution is -0.147. The van der Waals surface area contributed by atoms with Gasteiger partial charge in [0.2, 0.25) is 0 Å². The highest BCUT2D eigenvalue weighted by Crippen LogP contribution is 2.06. The molecule has 5 heteroatoms. The Morgan fingerprint density at radius 1 is 1.35 bits per heavy atom. The molecular weight excluding hydrogens is 245 g/mol. The number of nitrogens with two attached hydrogens (primary N) is 1. The molecule has 2 N–H and O–H groups in total. The summed E-state index contributed by atoms with van der Waals surface area (Å²) >= 11 is 0. The molecule has 0 aliphatic rings. The molecule has 1 atom stereocenters. The van der Waals surface area contributed by atoms with Crippen molar-refractivity contribution in [1.29, 1.82) is 0 Å². The monoisotopic (exact) mass is 261 g/mol. The van der Waals surface area contributed by atoms with Gasteiger partial charge in [-0.15, -0.1) is 12.4 Å². The van der Waals surface area contributed by atoms with Crippen molar-refractivity contribution in [2.75, 3.05) is 0 Å². The number of hydrogen-bond acceptors (Lipinski definition) is 3. The van der Waals surface area contributed by atoms with Crippen LogP contribution < -0.4 is 5.73 Å². The van der Waals surface area contributed by atoms with Crippen LogP contribution in [0.25, 0.3) is 0 Å². The van der Waals surface area contributed by atoms with Gasteiger partial charge >= 0.3 is 5.97 Å². The fourth-order valence-electron chi connectivity index (χ4n) is 1.10. The number of ether oxygens (including phenoxy) is 1. The Morgan fingerprint density at radius 3 is 2.35 bits per heavy atom. The first-order valence-corrected chi connectivity index (χ1v) is 5.17. The second-order valence-corrected chi connectivity index (χ2v) is 4.00. The molecule has 96 valence electrons. The Bertz CT molecular complexity index is 354. The predicted molar refractivity (Wildman–Crippen MR) is 66.3 cm³/mol. The van der Waals surface area contributed by atoms with Crippen molar-refractivity contribution < 1.29 is 13.9 Å². The molecule has 0 heterocycles. The van der Waals surface area contributed by atoms with Crippen LogP contribution in [0.1, 0.15) is 19.4 Å². The van der Waals surface area contributed by atoms with E-state index in [0.717, 1.165) is 5.56 Å². The third-order valence-electron chi connectivity index (χ3n) is 2.28. The van der Waals surface area contributed by atoms with Crippen LogP contribution in [0.4, 0.5) is 4.39 Å². The van der Waals surface area contributed by atoms with Crippen LogP contribution >= 0.6 is 12.4 Å². The third kappa shape index (κ3) is 5.15. The molecule has 0 bridgehead atoms. The molecular formula is C12H17ClFNO2. The van der Waals surface area contributed by atoms with Gasteiger partial charge in [-0.1, -0.05) is 26.0 Å². The molecule has 0 spiro atoms. The number of benzene rings is 1. The van der Waals surface area contributed by atoms with Crippen LogP contribution in [0, 0.1) is 11.7 Å². The topological polar surface area (TPSA) is 52.3 Å². The maximum absolute atomic E-state index is 12.6. The second-order valence-electron chi connectivity index (χ2n) is 4.00. The number of carbonyl (C=O) groups is 1. The molecule has 1 unspecified atom stereocenters. The van der Waals surface area contributed by atoms with Crippen molar-refractivity contribution in [1.82, 2.24) is 0 Å². The summed E-state index contributed by atoms with van der Waals surface area (Å²) in [5.41, 5.74) is 6.36. The molecule has 3 nitrogen and oxygen atoms in total. The number of halogens is 2. The van der Waals surface area contributed by atoms with E-state index in [1.165, 1.54) is 12.1 Å². The summed E-state index contributed by atoms with van der Waals surface area (Å²) in [6.07, 6.45) is 0. The van der Waals surface area contributed by atoms with E-state index in [1.807, 2.05) is 13.8 Å². The minimum Gasteiger partial charge on any atom is -0.460 e. The van der Waals surface area contributed by atoms with E-state index < -0.39 is 12.0 Å². The maximum Gasteiger partial charge on any atom is 0.323 e. The summed E-state index contributed by atoms with van der Waals surface area (Å²) in [7, 11) is 0. The average Bonchev–Trinajstić information content (AvgIpc) is 2.26. The molecule has 0 radical (unpaired) electrons. The van der Waals surface area contributed by atoms with E-state index in [9.17, 15) is 9.18 Å². The van der Waals surface area contributed by atoms with E-state index in [2.05, 4.69) is 0 Å². The Hall–Kier alpha value is -1.13. The molecule has 0 fully saturated rings. The smallest absolute Gasteiger partial charge is 0.323 e. The molecule has 17 heavy (non-hydrogen) atoms. The molecule has 0 saturated carbocycles. The van der Waals surface area contributed by atoms with Gasteiger partial charge in [-0.3, -0.25) is 4.79 Å². The van der Waals surface area contributed by atoms with Gasteiger partial charge in [0.1, 0.15) is 18.5 Å². The molecule has 1 rings (SSSR count). The minimum atomic E-state index is -0.611. The van der Waals surface area contributed by atoms with Crippen molar-refractivity contribution >= 4 is 18.4 Å². The summed E-state index contributed by atoms with van der Waals surface area (Å²) in [5.74, 6) is -0.700. The quantitative estimate of drug-likeness (QED) is 0.846. The summed E-state index contributed by atoms with van der Waals surface area (Å²) in [6, 6.07) is 5.19. The van der Waals surface area contributed by atoms with Crippen molar-refractivity contribution in [2.24, 2.45) is 11.7 Å². The number of hydrogen-bond donors (Lipinski definition) is 1. The molecule has 0 aromatic heterocycles. The van der Waals surface area contributed by atoms with Gasteiger partial charge in [0.15, 0.2) is 0 Å². The predicted octanol–water partition coefficient (Wildman–Crippen LogP) is 2.27. The zero-order valence-electron chi connectivity index (χ0n) is 9.85. The summed E-state index contributed by atoms with van der Waals surface area (Å²) < 4.78 is 17.6. The highest BCUT2D eigenvalue weighted by molar-refractivity contribution is 5.85. The number of esters is 1. The SMILES string of the molecule is CC(C)C(N)C(=O)OCc1ccc(F)cc1.Cl. The van der Waals surface area contributed by atoms with Crippen LogP contribution in [0.2, 0.25) is 0 Å². The van der Waals surface area contributed by atoms with E-state index in [-0.39, 0.29) is 30.7 Å². The Balaban J connectivity index is 0.00000256. The molecule has 0 aliphatic heterocycles. The second kappa shape index (κ2) is 7.25. The van der Waals surface area contributed by atoms with E-state index >= 15 is 0 Å². The van der Waals surface area contributed by atoms with Gasteiger partial charge in [-0.25, -0.2) is 4.39 Å². The van der Waals surface area contributed by atoms with Gasteiger partial charge in [-0.2, -0.15) is 0 Å². The van der Waals surface area contributed by atoms with Crippen LogP contribution in [0.3, 0.4) is 0 Å². The van der Waals surface area contributed by atoms with Crippen molar-refractivity contribution in [3.63, 3.8) is 0 Å². The first-order chi connectivity index (χ1) is 7.50. The van der Waals surface area contributed by atoms with Gasteiger partial charge in [0.25, 0.3) is 0 Å². The largest absolute Gasteiger partial charge is 0.460 e. The molecule has 0 amide bonds. The zero-order chi connectivity index (χ0) is 12.1. The molecule has 1 aromatic rings. The lowest BCUT2D eigenvalue weighted by atomic mass is 10.1. The van der Waals surface area contributed by atoms with Gasteiger partial charge in [0, 0.05) is 0 Å². The highest BCUT2D eigenvalue weighted by atomic mass is 35.5. The normalized spacial score (nSPS) is 11.8. The average molecular weight is 262 g/mol.